The predicted octanol–water partition coefficient (Wildman–Crippen LogP) is 8.51. The van der Waals surface area contributed by atoms with Crippen LogP contribution in [0.5, 0.6) is 0 Å². The van der Waals surface area contributed by atoms with Crippen molar-refractivity contribution in [3.8, 4) is 41.8 Å². The predicted molar refractivity (Wildman–Crippen MR) is 214 cm³/mol. The normalized spacial score (nSPS) is 11.3. The molecule has 0 nitrogen and oxygen atoms in total. The van der Waals surface area contributed by atoms with Gasteiger partial charge in [-0.1, -0.05) is 162 Å². The molecule has 8 rings (SSSR count). The van der Waals surface area contributed by atoms with Gasteiger partial charge in [-0.05, 0) is 31.7 Å². The SMILES string of the molecule is CC(C)(C)c1cccc2[cH-]c(-c3ccc(-c4ccccc4)s3)cc12.CC(C)(C)c1cccc2[cH-]c(-c3ccc(-c4ccccc4)s3)cc12.[Cl-].[Cl-].[Zr+4]. The van der Waals surface area contributed by atoms with Crippen molar-refractivity contribution in [3.05, 3.63) is 157 Å². The van der Waals surface area contributed by atoms with Crippen LogP contribution in [-0.4, -0.2) is 0 Å². The average Bonchev–Trinajstić information content (AvgIpc) is 3.89. The Hall–Kier alpha value is -3.04. The van der Waals surface area contributed by atoms with Gasteiger partial charge in [-0.2, -0.15) is 22.7 Å². The largest absolute Gasteiger partial charge is 4.00 e. The van der Waals surface area contributed by atoms with Gasteiger partial charge in [0.1, 0.15) is 0 Å². The molecule has 6 aromatic carbocycles. The number of rotatable bonds is 4. The molecule has 0 aliphatic carbocycles. The van der Waals surface area contributed by atoms with Gasteiger partial charge in [0.15, 0.2) is 0 Å². The Balaban J connectivity index is 0.000000216. The van der Waals surface area contributed by atoms with E-state index in [1.54, 1.807) is 0 Å². The molecule has 0 aliphatic heterocycles. The van der Waals surface area contributed by atoms with E-state index in [4.69, 9.17) is 0 Å². The Kier molecular flexibility index (Phi) is 13.4. The van der Waals surface area contributed by atoms with E-state index in [9.17, 15) is 0 Å². The van der Waals surface area contributed by atoms with Gasteiger partial charge in [0.05, 0.1) is 0 Å². The van der Waals surface area contributed by atoms with Crippen LogP contribution in [0.1, 0.15) is 52.7 Å². The Morgan fingerprint density at radius 3 is 1.12 bits per heavy atom. The second-order valence-corrected chi connectivity index (χ2v) is 16.8. The molecule has 0 saturated carbocycles. The molecule has 8 aromatic rings. The first-order valence-corrected chi connectivity index (χ1v) is 18.4. The number of thiophene rings is 2. The fourth-order valence-electron chi connectivity index (χ4n) is 6.56. The zero-order valence-electron chi connectivity index (χ0n) is 29.9. The van der Waals surface area contributed by atoms with Crippen molar-refractivity contribution in [1.29, 1.82) is 0 Å². The summed E-state index contributed by atoms with van der Waals surface area (Å²) in [6.07, 6.45) is 0. The molecule has 2 heterocycles. The Bertz CT molecular complexity index is 2140. The van der Waals surface area contributed by atoms with Crippen molar-refractivity contribution in [3.63, 3.8) is 0 Å². The molecular weight excluding hydrogens is 779 g/mol. The molecule has 51 heavy (non-hydrogen) atoms. The molecular formula is C46H42Cl2S2Zr. The van der Waals surface area contributed by atoms with E-state index < -0.39 is 0 Å². The van der Waals surface area contributed by atoms with Crippen molar-refractivity contribution in [2.75, 3.05) is 0 Å². The minimum Gasteiger partial charge on any atom is -1.00 e. The third kappa shape index (κ3) is 8.96. The number of hydrogen-bond acceptors (Lipinski definition) is 2. The second-order valence-electron chi connectivity index (χ2n) is 14.7. The van der Waals surface area contributed by atoms with Crippen LogP contribution in [0.3, 0.4) is 0 Å². The summed E-state index contributed by atoms with van der Waals surface area (Å²) in [7, 11) is 0. The quantitative estimate of drug-likeness (QED) is 0.156. The number of halogens is 2. The van der Waals surface area contributed by atoms with Gasteiger partial charge in [-0.15, -0.1) is 69.1 Å². The van der Waals surface area contributed by atoms with Gasteiger partial charge >= 0.3 is 26.2 Å². The van der Waals surface area contributed by atoms with Crippen LogP contribution in [0.15, 0.2) is 146 Å². The van der Waals surface area contributed by atoms with Crippen LogP contribution in [0.25, 0.3) is 63.3 Å². The first-order chi connectivity index (χ1) is 23.0. The van der Waals surface area contributed by atoms with Gasteiger partial charge < -0.3 is 24.8 Å². The first kappa shape index (κ1) is 40.7. The van der Waals surface area contributed by atoms with Crippen LogP contribution >= 0.6 is 22.7 Å². The number of hydrogen-bond donors (Lipinski definition) is 0. The maximum Gasteiger partial charge on any atom is 4.00 e. The number of fused-ring (bicyclic) bond motifs is 2. The van der Waals surface area contributed by atoms with Crippen LogP contribution in [-0.2, 0) is 37.0 Å². The van der Waals surface area contributed by atoms with Gasteiger partial charge in [-0.25, -0.2) is 0 Å². The van der Waals surface area contributed by atoms with Crippen molar-refractivity contribution >= 4 is 44.2 Å². The van der Waals surface area contributed by atoms with E-state index >= 15 is 0 Å². The Morgan fingerprint density at radius 2 is 0.765 bits per heavy atom. The summed E-state index contributed by atoms with van der Waals surface area (Å²) in [4.78, 5) is 5.33. The molecule has 0 aliphatic rings. The molecule has 0 fully saturated rings. The average molecular weight is 821 g/mol. The monoisotopic (exact) mass is 818 g/mol. The Labute approximate surface area is 343 Å². The summed E-state index contributed by atoms with van der Waals surface area (Å²) in [6, 6.07) is 52.9. The summed E-state index contributed by atoms with van der Waals surface area (Å²) >= 11 is 3.74. The van der Waals surface area contributed by atoms with Crippen LogP contribution < -0.4 is 24.8 Å². The van der Waals surface area contributed by atoms with E-state index in [1.165, 1.54) is 74.4 Å². The smallest absolute Gasteiger partial charge is 1.00 e. The standard InChI is InChI=1S/2C23H21S.2ClH.Zr/c2*1-23(2,3)20-11-7-10-17-14-18(15-19(17)20)22-13-12-21(24-22)16-8-5-4-6-9-16;;;/h2*4-15H,1-3H3;2*1H;/q2*-1;;;+4/p-2. The summed E-state index contributed by atoms with van der Waals surface area (Å²) in [6.45, 7) is 13.7. The summed E-state index contributed by atoms with van der Waals surface area (Å²) in [5.41, 5.74) is 8.41. The number of benzene rings is 4. The third-order valence-corrected chi connectivity index (χ3v) is 11.4. The Morgan fingerprint density at radius 1 is 0.412 bits per heavy atom. The summed E-state index contributed by atoms with van der Waals surface area (Å²) < 4.78 is 0. The van der Waals surface area contributed by atoms with E-state index in [-0.39, 0.29) is 61.8 Å². The minimum atomic E-state index is 0. The molecule has 0 spiro atoms. The molecule has 0 amide bonds. The minimum absolute atomic E-state index is 0. The van der Waals surface area contributed by atoms with Gasteiger partial charge in [0.2, 0.25) is 0 Å². The van der Waals surface area contributed by atoms with Gasteiger partial charge in [-0.3, -0.25) is 0 Å². The fourth-order valence-corrected chi connectivity index (χ4v) is 8.56. The van der Waals surface area contributed by atoms with Crippen molar-refractivity contribution < 1.29 is 51.0 Å². The van der Waals surface area contributed by atoms with Crippen molar-refractivity contribution in [1.82, 2.24) is 0 Å². The second kappa shape index (κ2) is 16.7. The maximum atomic E-state index is 2.36. The van der Waals surface area contributed by atoms with E-state index in [0.29, 0.717) is 0 Å². The molecule has 5 heteroatoms. The zero-order valence-corrected chi connectivity index (χ0v) is 35.5. The molecule has 0 unspecified atom stereocenters. The summed E-state index contributed by atoms with van der Waals surface area (Å²) in [5, 5.41) is 5.45. The van der Waals surface area contributed by atoms with Crippen LogP contribution in [0.2, 0.25) is 0 Å². The van der Waals surface area contributed by atoms with Gasteiger partial charge in [0, 0.05) is 9.75 Å². The van der Waals surface area contributed by atoms with Crippen molar-refractivity contribution in [2.24, 2.45) is 0 Å². The van der Waals surface area contributed by atoms with Crippen LogP contribution in [0.4, 0.5) is 0 Å². The topological polar surface area (TPSA) is 0 Å². The van der Waals surface area contributed by atoms with E-state index in [0.717, 1.165) is 0 Å². The molecule has 0 radical (unpaired) electrons. The molecule has 0 saturated heterocycles. The zero-order chi connectivity index (χ0) is 33.5. The molecule has 0 atom stereocenters. The third-order valence-electron chi connectivity index (χ3n) is 9.02. The van der Waals surface area contributed by atoms with E-state index in [1.807, 2.05) is 22.7 Å². The fraction of sp³-hybridized carbons (Fsp3) is 0.174. The molecule has 2 aromatic heterocycles. The van der Waals surface area contributed by atoms with E-state index in [2.05, 4.69) is 187 Å². The summed E-state index contributed by atoms with van der Waals surface area (Å²) in [5.74, 6) is 0. The first-order valence-electron chi connectivity index (χ1n) is 16.8. The molecule has 0 bridgehead atoms. The molecule has 0 N–H and O–H groups in total. The van der Waals surface area contributed by atoms with Gasteiger partial charge in [0.25, 0.3) is 0 Å². The maximum absolute atomic E-state index is 2.36. The molecule has 256 valence electrons. The van der Waals surface area contributed by atoms with Crippen molar-refractivity contribution in [2.45, 2.75) is 52.4 Å². The van der Waals surface area contributed by atoms with Crippen LogP contribution in [0, 0.1) is 0 Å².